The molecule has 0 bridgehead atoms. The van der Waals surface area contributed by atoms with Gasteiger partial charge in [-0.3, -0.25) is 10.1 Å². The average Bonchev–Trinajstić information content (AvgIpc) is 3.15. The maximum absolute atomic E-state index is 14.8. The van der Waals surface area contributed by atoms with E-state index in [-0.39, 0.29) is 5.82 Å². The number of nitrogens with zero attached hydrogens (tertiary/aromatic N) is 4. The predicted octanol–water partition coefficient (Wildman–Crippen LogP) is 5.18. The second-order valence-corrected chi connectivity index (χ2v) is 9.25. The number of nitrogens with one attached hydrogen (secondary N) is 1. The number of pyridine rings is 2. The van der Waals surface area contributed by atoms with Crippen molar-refractivity contribution in [1.82, 2.24) is 20.2 Å². The van der Waals surface area contributed by atoms with Crippen LogP contribution in [0.1, 0.15) is 25.5 Å². The molecule has 0 radical (unpaired) electrons. The maximum Gasteiger partial charge on any atom is 0.166 e. The number of hydrogen-bond donors (Lipinski definition) is 2. The van der Waals surface area contributed by atoms with Crippen LogP contribution in [0.15, 0.2) is 42.9 Å². The summed E-state index contributed by atoms with van der Waals surface area (Å²) in [6, 6.07) is 6.87. The van der Waals surface area contributed by atoms with Crippen LogP contribution in [0.25, 0.3) is 22.2 Å². The van der Waals surface area contributed by atoms with Gasteiger partial charge >= 0.3 is 0 Å². The summed E-state index contributed by atoms with van der Waals surface area (Å²) in [4.78, 5) is 9.95. The summed E-state index contributed by atoms with van der Waals surface area (Å²) < 4.78 is 20.9. The van der Waals surface area contributed by atoms with E-state index in [9.17, 15) is 9.50 Å². The van der Waals surface area contributed by atoms with Crippen molar-refractivity contribution >= 4 is 39.9 Å². The van der Waals surface area contributed by atoms with Crippen LogP contribution in [0.4, 0.5) is 10.2 Å². The number of aliphatic hydroxyl groups is 1. The number of aromatic nitrogens is 4. The summed E-state index contributed by atoms with van der Waals surface area (Å²) in [6.07, 6.45) is 4.19. The van der Waals surface area contributed by atoms with E-state index in [0.29, 0.717) is 45.7 Å². The van der Waals surface area contributed by atoms with Crippen molar-refractivity contribution in [3.05, 3.63) is 64.3 Å². The quantitative estimate of drug-likeness (QED) is 0.403. The smallest absolute Gasteiger partial charge is 0.166 e. The van der Waals surface area contributed by atoms with E-state index in [1.165, 1.54) is 18.5 Å². The Balaban J connectivity index is 1.44. The predicted molar refractivity (Wildman–Crippen MR) is 125 cm³/mol. The lowest BCUT2D eigenvalue weighted by Crippen LogP contribution is -2.60. The third-order valence-electron chi connectivity index (χ3n) is 5.60. The lowest BCUT2D eigenvalue weighted by Gasteiger charge is -2.44. The van der Waals surface area contributed by atoms with Gasteiger partial charge in [-0.05, 0) is 38.1 Å². The first-order valence-corrected chi connectivity index (χ1v) is 11.0. The molecule has 0 spiro atoms. The summed E-state index contributed by atoms with van der Waals surface area (Å²) in [5.74, 6) is 0.325. The van der Waals surface area contributed by atoms with Crippen LogP contribution in [0.2, 0.25) is 10.0 Å². The third kappa shape index (κ3) is 4.10. The zero-order chi connectivity index (χ0) is 23.3. The second kappa shape index (κ2) is 8.13. The Hall–Kier alpha value is -2.94. The molecule has 3 aromatic heterocycles. The minimum Gasteiger partial charge on any atom is -0.486 e. The van der Waals surface area contributed by atoms with Crippen molar-refractivity contribution < 1.29 is 14.2 Å². The second-order valence-electron chi connectivity index (χ2n) is 8.44. The third-order valence-corrected chi connectivity index (χ3v) is 6.20. The number of benzene rings is 1. The van der Waals surface area contributed by atoms with Crippen molar-refractivity contribution in [2.24, 2.45) is 0 Å². The molecular formula is C23H20Cl2FN5O2. The maximum atomic E-state index is 14.8. The number of fused-ring (bicyclic) bond motifs is 1. The zero-order valence-corrected chi connectivity index (χ0v) is 19.3. The highest BCUT2D eigenvalue weighted by Gasteiger charge is 2.38. The number of anilines is 1. The molecule has 1 atom stereocenters. The molecule has 170 valence electrons. The Bertz CT molecular complexity index is 1330. The summed E-state index contributed by atoms with van der Waals surface area (Å²) in [6.45, 7) is 4.24. The number of β-amino-alcohol motifs (C(OH)–C–C–N with tert-alkyl or cyclic N) is 1. The molecule has 1 aliphatic rings. The normalized spacial score (nSPS) is 16.0. The molecule has 1 aromatic carbocycles. The number of aromatic amines is 1. The van der Waals surface area contributed by atoms with E-state index in [0.717, 1.165) is 10.9 Å². The number of hydrogen-bond acceptors (Lipinski definition) is 6. The van der Waals surface area contributed by atoms with Gasteiger partial charge in [-0.15, -0.1) is 0 Å². The van der Waals surface area contributed by atoms with Crippen molar-refractivity contribution in [2.45, 2.75) is 25.6 Å². The molecule has 33 heavy (non-hydrogen) atoms. The Morgan fingerprint density at radius 2 is 1.91 bits per heavy atom. The average molecular weight is 488 g/mol. The van der Waals surface area contributed by atoms with E-state index in [1.54, 1.807) is 18.0 Å². The molecule has 1 aliphatic heterocycles. The molecule has 1 fully saturated rings. The SMILES string of the molecule is C[C@@H](Oc1ccc2[nH]nc(-c3cnc(N4CC(C)(O)C4)c(F)c3)c2c1)c1c(Cl)cncc1Cl. The van der Waals surface area contributed by atoms with Gasteiger partial charge < -0.3 is 14.7 Å². The van der Waals surface area contributed by atoms with Crippen molar-refractivity contribution in [3.8, 4) is 17.0 Å². The molecule has 0 aliphatic carbocycles. The van der Waals surface area contributed by atoms with Gasteiger partial charge in [0.05, 0.1) is 21.2 Å². The summed E-state index contributed by atoms with van der Waals surface area (Å²) >= 11 is 12.5. The van der Waals surface area contributed by atoms with Crippen molar-refractivity contribution in [3.63, 3.8) is 0 Å². The fourth-order valence-electron chi connectivity index (χ4n) is 4.08. The Labute approximate surface area is 199 Å². The standard InChI is InChI=1S/C23H20Cl2FN5O2/c1-12(20-16(24)8-27-9-17(20)25)33-14-3-4-19-15(6-14)21(30-29-19)13-5-18(26)22(28-7-13)31-10-23(2,32)11-31/h3-9,12,32H,10-11H2,1-2H3,(H,29,30)/t12-/m1/s1. The summed E-state index contributed by atoms with van der Waals surface area (Å²) in [5.41, 5.74) is 1.68. The van der Waals surface area contributed by atoms with Crippen LogP contribution in [0, 0.1) is 5.82 Å². The zero-order valence-electron chi connectivity index (χ0n) is 17.8. The van der Waals surface area contributed by atoms with E-state index >= 15 is 0 Å². The topological polar surface area (TPSA) is 87.2 Å². The highest BCUT2D eigenvalue weighted by Crippen LogP contribution is 2.36. The van der Waals surface area contributed by atoms with Gasteiger partial charge in [0.25, 0.3) is 0 Å². The lowest BCUT2D eigenvalue weighted by molar-refractivity contribution is 0.0301. The minimum absolute atomic E-state index is 0.217. The number of ether oxygens (including phenoxy) is 1. The summed E-state index contributed by atoms with van der Waals surface area (Å²) in [5, 5.41) is 18.8. The first kappa shape index (κ1) is 21.9. The van der Waals surface area contributed by atoms with Crippen LogP contribution < -0.4 is 9.64 Å². The van der Waals surface area contributed by atoms with Crippen LogP contribution >= 0.6 is 23.2 Å². The van der Waals surface area contributed by atoms with Crippen LogP contribution in [0.5, 0.6) is 5.75 Å². The van der Waals surface area contributed by atoms with Crippen LogP contribution in [-0.2, 0) is 0 Å². The summed E-state index contributed by atoms with van der Waals surface area (Å²) in [7, 11) is 0. The van der Waals surface area contributed by atoms with E-state index in [1.807, 2.05) is 25.1 Å². The molecule has 2 N–H and O–H groups in total. The minimum atomic E-state index is -0.816. The molecular weight excluding hydrogens is 468 g/mol. The van der Waals surface area contributed by atoms with Gasteiger partial charge in [0, 0.05) is 48.2 Å². The fourth-order valence-corrected chi connectivity index (χ4v) is 4.75. The Kier molecular flexibility index (Phi) is 5.39. The monoisotopic (exact) mass is 487 g/mol. The molecule has 7 nitrogen and oxygen atoms in total. The van der Waals surface area contributed by atoms with Gasteiger partial charge in [0.2, 0.25) is 0 Å². The van der Waals surface area contributed by atoms with E-state index in [2.05, 4.69) is 20.2 Å². The van der Waals surface area contributed by atoms with E-state index in [4.69, 9.17) is 27.9 Å². The Morgan fingerprint density at radius 1 is 1.18 bits per heavy atom. The van der Waals surface area contributed by atoms with Crippen molar-refractivity contribution in [2.75, 3.05) is 18.0 Å². The number of rotatable bonds is 5. The molecule has 0 saturated carbocycles. The molecule has 4 heterocycles. The van der Waals surface area contributed by atoms with Gasteiger partial charge in [0.1, 0.15) is 17.5 Å². The number of halogens is 3. The molecule has 5 rings (SSSR count). The lowest BCUT2D eigenvalue weighted by atomic mass is 9.97. The van der Waals surface area contributed by atoms with Crippen LogP contribution in [0.3, 0.4) is 0 Å². The largest absolute Gasteiger partial charge is 0.486 e. The highest BCUT2D eigenvalue weighted by molar-refractivity contribution is 6.35. The molecule has 4 aromatic rings. The first-order chi connectivity index (χ1) is 15.7. The highest BCUT2D eigenvalue weighted by atomic mass is 35.5. The van der Waals surface area contributed by atoms with Gasteiger partial charge in [-0.2, -0.15) is 5.10 Å². The molecule has 0 unspecified atom stereocenters. The fraction of sp³-hybridized carbons (Fsp3) is 0.261. The Morgan fingerprint density at radius 3 is 2.58 bits per heavy atom. The van der Waals surface area contributed by atoms with Gasteiger partial charge in [-0.1, -0.05) is 23.2 Å². The molecule has 0 amide bonds. The first-order valence-electron chi connectivity index (χ1n) is 10.3. The molecule has 1 saturated heterocycles. The van der Waals surface area contributed by atoms with E-state index < -0.39 is 17.5 Å². The number of H-pyrrole nitrogens is 1. The van der Waals surface area contributed by atoms with Gasteiger partial charge in [-0.25, -0.2) is 9.37 Å². The van der Waals surface area contributed by atoms with Crippen molar-refractivity contribution in [1.29, 1.82) is 0 Å². The van der Waals surface area contributed by atoms with Gasteiger partial charge in [0.15, 0.2) is 11.6 Å². The van der Waals surface area contributed by atoms with Crippen LogP contribution in [-0.4, -0.2) is 44.0 Å². The molecule has 10 heteroatoms.